The summed E-state index contributed by atoms with van der Waals surface area (Å²) >= 11 is 0. The number of carbonyl (C=O) groups is 1. The van der Waals surface area contributed by atoms with Crippen LogP contribution in [-0.2, 0) is 12.7 Å². The normalized spacial score (nSPS) is 14.9. The third-order valence-corrected chi connectivity index (χ3v) is 7.43. The zero-order valence-electron chi connectivity index (χ0n) is 23.0. The third kappa shape index (κ3) is 5.60. The Morgan fingerprint density at radius 3 is 2.67 bits per heavy atom. The largest absolute Gasteiger partial charge is 0.416 e. The Bertz CT molecular complexity index is 1750. The molecule has 6 rings (SSSR count). The number of halogens is 3. The first-order valence-electron chi connectivity index (χ1n) is 13.4. The molecule has 0 aliphatic carbocycles. The molecule has 42 heavy (non-hydrogen) atoms. The summed E-state index contributed by atoms with van der Waals surface area (Å²) in [5, 5.41) is 15.4. The molecule has 0 saturated carbocycles. The molecule has 0 radical (unpaired) electrons. The van der Waals surface area contributed by atoms with Crippen LogP contribution in [0.1, 0.15) is 27.0 Å². The van der Waals surface area contributed by atoms with Crippen molar-refractivity contribution in [1.82, 2.24) is 39.4 Å². The van der Waals surface area contributed by atoms with E-state index in [1.54, 1.807) is 58.3 Å². The maximum Gasteiger partial charge on any atom is 0.416 e. The minimum Gasteiger partial charge on any atom is -0.322 e. The van der Waals surface area contributed by atoms with Gasteiger partial charge < -0.3 is 10.2 Å². The topological polar surface area (TPSA) is 96.5 Å². The monoisotopic (exact) mass is 575 g/mol. The number of carbonyl (C=O) groups excluding carboxylic acids is 1. The van der Waals surface area contributed by atoms with Gasteiger partial charge >= 0.3 is 6.18 Å². The number of aromatic nitrogens is 6. The average molecular weight is 576 g/mol. The quantitative estimate of drug-likeness (QED) is 0.323. The molecular formula is C29H28F3N9O. The fourth-order valence-corrected chi connectivity index (χ4v) is 5.02. The van der Waals surface area contributed by atoms with E-state index in [-0.39, 0.29) is 23.4 Å². The highest BCUT2D eigenvalue weighted by molar-refractivity contribution is 6.04. The molecule has 0 spiro atoms. The lowest BCUT2D eigenvalue weighted by Gasteiger charge is -2.33. The van der Waals surface area contributed by atoms with Crippen LogP contribution in [0.25, 0.3) is 22.6 Å². The first kappa shape index (κ1) is 27.5. The Morgan fingerprint density at radius 1 is 1.07 bits per heavy atom. The molecule has 1 saturated heterocycles. The molecule has 5 aromatic rings. The molecule has 216 valence electrons. The molecule has 1 aliphatic heterocycles. The maximum absolute atomic E-state index is 14.0. The van der Waals surface area contributed by atoms with E-state index in [4.69, 9.17) is 0 Å². The van der Waals surface area contributed by atoms with Crippen molar-refractivity contribution >= 4 is 17.2 Å². The number of aryl methyl sites for hydroxylation is 1. The molecule has 2 aromatic carbocycles. The predicted octanol–water partition coefficient (Wildman–Crippen LogP) is 4.30. The van der Waals surface area contributed by atoms with Crippen LogP contribution in [0.5, 0.6) is 0 Å². The number of nitrogens with zero attached hydrogens (tertiary/aromatic N) is 8. The van der Waals surface area contributed by atoms with E-state index in [1.807, 2.05) is 18.9 Å². The number of hydrogen-bond donors (Lipinski definition) is 1. The Kier molecular flexibility index (Phi) is 7.21. The molecule has 3 aromatic heterocycles. The SMILES string of the molecule is Cc1ccc(C(=O)Nc2ccc(CN3CCN(C)CC3)c(C(F)(F)F)c2)cc1-n1cc(-c2cnn3cccnc23)nn1. The van der Waals surface area contributed by atoms with E-state index in [0.29, 0.717) is 35.7 Å². The van der Waals surface area contributed by atoms with Gasteiger partial charge in [0.25, 0.3) is 5.91 Å². The van der Waals surface area contributed by atoms with Crippen molar-refractivity contribution in [2.24, 2.45) is 0 Å². The zero-order valence-corrected chi connectivity index (χ0v) is 23.0. The van der Waals surface area contributed by atoms with Gasteiger partial charge in [-0.1, -0.05) is 17.3 Å². The Hall–Kier alpha value is -4.62. The van der Waals surface area contributed by atoms with E-state index < -0.39 is 17.6 Å². The van der Waals surface area contributed by atoms with Crippen molar-refractivity contribution in [2.45, 2.75) is 19.6 Å². The molecule has 4 heterocycles. The summed E-state index contributed by atoms with van der Waals surface area (Å²) in [6.07, 6.45) is 2.25. The van der Waals surface area contributed by atoms with Crippen LogP contribution in [0, 0.1) is 6.92 Å². The van der Waals surface area contributed by atoms with E-state index in [2.05, 4.69) is 30.6 Å². The predicted molar refractivity (Wildman–Crippen MR) is 150 cm³/mol. The summed E-state index contributed by atoms with van der Waals surface area (Å²) in [5.41, 5.74) is 3.08. The summed E-state index contributed by atoms with van der Waals surface area (Å²) in [6.45, 7) is 5.08. The lowest BCUT2D eigenvalue weighted by Crippen LogP contribution is -2.44. The number of anilines is 1. The van der Waals surface area contributed by atoms with Gasteiger partial charge in [0.05, 0.1) is 29.2 Å². The molecule has 10 nitrogen and oxygen atoms in total. The molecular weight excluding hydrogens is 547 g/mol. The van der Waals surface area contributed by atoms with Crippen LogP contribution in [0.4, 0.5) is 18.9 Å². The molecule has 1 N–H and O–H groups in total. The van der Waals surface area contributed by atoms with Crippen LogP contribution < -0.4 is 5.32 Å². The highest BCUT2D eigenvalue weighted by Gasteiger charge is 2.34. The maximum atomic E-state index is 14.0. The highest BCUT2D eigenvalue weighted by atomic mass is 19.4. The van der Waals surface area contributed by atoms with Crippen LogP contribution in [0.2, 0.25) is 0 Å². The van der Waals surface area contributed by atoms with Gasteiger partial charge in [-0.3, -0.25) is 9.69 Å². The number of hydrogen-bond acceptors (Lipinski definition) is 7. The van der Waals surface area contributed by atoms with Crippen molar-refractivity contribution < 1.29 is 18.0 Å². The average Bonchev–Trinajstić information content (AvgIpc) is 3.62. The molecule has 1 amide bonds. The Morgan fingerprint density at radius 2 is 1.88 bits per heavy atom. The summed E-state index contributed by atoms with van der Waals surface area (Å²) in [7, 11) is 2.00. The van der Waals surface area contributed by atoms with E-state index >= 15 is 0 Å². The first-order valence-corrected chi connectivity index (χ1v) is 13.4. The number of rotatable bonds is 6. The van der Waals surface area contributed by atoms with Crippen molar-refractivity contribution in [3.05, 3.63) is 89.5 Å². The molecule has 0 bridgehead atoms. The molecule has 13 heteroatoms. The van der Waals surface area contributed by atoms with Gasteiger partial charge in [0, 0.05) is 56.4 Å². The van der Waals surface area contributed by atoms with Crippen LogP contribution in [0.15, 0.2) is 67.3 Å². The van der Waals surface area contributed by atoms with Crippen molar-refractivity contribution in [3.8, 4) is 16.9 Å². The van der Waals surface area contributed by atoms with Gasteiger partial charge in [-0.2, -0.15) is 18.3 Å². The minimum atomic E-state index is -4.55. The van der Waals surface area contributed by atoms with Crippen molar-refractivity contribution in [3.63, 3.8) is 0 Å². The second-order valence-electron chi connectivity index (χ2n) is 10.4. The summed E-state index contributed by atoms with van der Waals surface area (Å²) in [6, 6.07) is 10.7. The fraction of sp³-hybridized carbons (Fsp3) is 0.276. The smallest absolute Gasteiger partial charge is 0.322 e. The Labute approximate surface area is 239 Å². The summed E-state index contributed by atoms with van der Waals surface area (Å²) < 4.78 is 45.2. The molecule has 1 aliphatic rings. The Balaban J connectivity index is 1.23. The number of fused-ring (bicyclic) bond motifs is 1. The number of likely N-dealkylation sites (N-methyl/N-ethyl adjacent to an activating group) is 1. The molecule has 1 fully saturated rings. The van der Waals surface area contributed by atoms with Gasteiger partial charge in [-0.15, -0.1) is 5.10 Å². The third-order valence-electron chi connectivity index (χ3n) is 7.43. The minimum absolute atomic E-state index is 0.0696. The van der Waals surface area contributed by atoms with Gasteiger partial charge in [-0.05, 0) is 55.4 Å². The van der Waals surface area contributed by atoms with Crippen molar-refractivity contribution in [1.29, 1.82) is 0 Å². The van der Waals surface area contributed by atoms with Crippen molar-refractivity contribution in [2.75, 3.05) is 38.5 Å². The highest BCUT2D eigenvalue weighted by Crippen LogP contribution is 2.35. The fourth-order valence-electron chi connectivity index (χ4n) is 5.02. The van der Waals surface area contributed by atoms with Crippen LogP contribution in [0.3, 0.4) is 0 Å². The summed E-state index contributed by atoms with van der Waals surface area (Å²) in [5.74, 6) is -0.539. The van der Waals surface area contributed by atoms with Crippen LogP contribution >= 0.6 is 0 Å². The number of nitrogens with one attached hydrogen (secondary N) is 1. The molecule has 0 unspecified atom stereocenters. The van der Waals surface area contributed by atoms with Gasteiger partial charge in [0.15, 0.2) is 5.65 Å². The molecule has 0 atom stereocenters. The summed E-state index contributed by atoms with van der Waals surface area (Å²) in [4.78, 5) is 21.7. The van der Waals surface area contributed by atoms with E-state index in [9.17, 15) is 18.0 Å². The van der Waals surface area contributed by atoms with Gasteiger partial charge in [-0.25, -0.2) is 14.2 Å². The van der Waals surface area contributed by atoms with Gasteiger partial charge in [0.2, 0.25) is 0 Å². The number of piperazine rings is 1. The van der Waals surface area contributed by atoms with E-state index in [1.165, 1.54) is 12.1 Å². The number of benzene rings is 2. The first-order chi connectivity index (χ1) is 20.2. The lowest BCUT2D eigenvalue weighted by atomic mass is 10.0. The number of amides is 1. The standard InChI is InChI=1S/C29H28F3N9O/c1-19-4-5-20(14-26(19)41-18-25(36-37-41)23-16-34-40-9-3-8-33-27(23)40)28(42)35-22-7-6-21(24(15-22)29(30,31)32)17-39-12-10-38(2)11-13-39/h3-9,14-16,18H,10-13,17H2,1-2H3,(H,35,42). The second-order valence-corrected chi connectivity index (χ2v) is 10.4. The van der Waals surface area contributed by atoms with Gasteiger partial charge in [0.1, 0.15) is 5.69 Å². The van der Waals surface area contributed by atoms with Crippen LogP contribution in [-0.4, -0.2) is 78.5 Å². The lowest BCUT2D eigenvalue weighted by molar-refractivity contribution is -0.138. The number of alkyl halides is 3. The van der Waals surface area contributed by atoms with E-state index in [0.717, 1.165) is 24.7 Å². The zero-order chi connectivity index (χ0) is 29.4. The second kappa shape index (κ2) is 11.0.